The van der Waals surface area contributed by atoms with Crippen LogP contribution in [0.25, 0.3) is 0 Å². The fourth-order valence-electron chi connectivity index (χ4n) is 2.96. The molecule has 30 heavy (non-hydrogen) atoms. The molecule has 1 atom stereocenters. The van der Waals surface area contributed by atoms with Gasteiger partial charge in [0, 0.05) is 6.42 Å². The molecule has 2 aromatic rings. The van der Waals surface area contributed by atoms with E-state index in [-0.39, 0.29) is 24.3 Å². The normalized spacial score (nSPS) is 11.7. The van der Waals surface area contributed by atoms with Gasteiger partial charge in [0.2, 0.25) is 5.91 Å². The van der Waals surface area contributed by atoms with Gasteiger partial charge < -0.3 is 14.8 Å². The number of hydrogen-bond donors (Lipinski definition) is 1. The summed E-state index contributed by atoms with van der Waals surface area (Å²) in [5.74, 6) is 3.35. The molecular formula is C25H28N2O3. The van der Waals surface area contributed by atoms with Crippen molar-refractivity contribution in [1.29, 1.82) is 5.26 Å². The van der Waals surface area contributed by atoms with Crippen LogP contribution in [0.1, 0.15) is 49.9 Å². The standard InChI is InChI=1S/C25H28N2O3/c1-6-15-30-22-13-7-18(16-23(22)29-5)8-14-24(28)27-21(17-26)19-9-11-20(12-10-19)25(2,3)4/h1,7,9-13,16,21H,8,14-15H2,2-5H3,(H,27,28). The van der Waals surface area contributed by atoms with Crippen LogP contribution in [-0.4, -0.2) is 19.6 Å². The monoisotopic (exact) mass is 404 g/mol. The summed E-state index contributed by atoms with van der Waals surface area (Å²) in [4.78, 5) is 12.4. The van der Waals surface area contributed by atoms with Crippen molar-refractivity contribution < 1.29 is 14.3 Å². The van der Waals surface area contributed by atoms with Crippen LogP contribution in [0.15, 0.2) is 42.5 Å². The second-order valence-corrected chi connectivity index (χ2v) is 7.98. The lowest BCUT2D eigenvalue weighted by Gasteiger charge is -2.20. The van der Waals surface area contributed by atoms with Crippen molar-refractivity contribution in [2.45, 2.75) is 45.1 Å². The van der Waals surface area contributed by atoms with Crippen LogP contribution >= 0.6 is 0 Å². The molecule has 1 N–H and O–H groups in total. The number of hydrogen-bond acceptors (Lipinski definition) is 4. The molecule has 0 aliphatic heterocycles. The van der Waals surface area contributed by atoms with Gasteiger partial charge >= 0.3 is 0 Å². The van der Waals surface area contributed by atoms with Crippen molar-refractivity contribution in [2.24, 2.45) is 0 Å². The van der Waals surface area contributed by atoms with E-state index in [0.717, 1.165) is 11.1 Å². The maximum Gasteiger partial charge on any atom is 0.221 e. The average molecular weight is 405 g/mol. The van der Waals surface area contributed by atoms with Gasteiger partial charge in [0.05, 0.1) is 13.2 Å². The van der Waals surface area contributed by atoms with Crippen molar-refractivity contribution in [3.63, 3.8) is 0 Å². The predicted octanol–water partition coefficient (Wildman–Crippen LogP) is 4.32. The van der Waals surface area contributed by atoms with E-state index in [9.17, 15) is 10.1 Å². The van der Waals surface area contributed by atoms with Crippen LogP contribution in [0.5, 0.6) is 11.5 Å². The molecule has 5 heteroatoms. The fraction of sp³-hybridized carbons (Fsp3) is 0.360. The molecule has 2 rings (SSSR count). The zero-order chi connectivity index (χ0) is 22.1. The van der Waals surface area contributed by atoms with Crippen LogP contribution in [0.2, 0.25) is 0 Å². The van der Waals surface area contributed by atoms with E-state index in [1.54, 1.807) is 13.2 Å². The number of ether oxygens (including phenoxy) is 2. The highest BCUT2D eigenvalue weighted by Crippen LogP contribution is 2.28. The smallest absolute Gasteiger partial charge is 0.221 e. The summed E-state index contributed by atoms with van der Waals surface area (Å²) >= 11 is 0. The van der Waals surface area contributed by atoms with Gasteiger partial charge in [-0.15, -0.1) is 6.42 Å². The average Bonchev–Trinajstić information content (AvgIpc) is 2.74. The molecule has 0 radical (unpaired) electrons. The van der Waals surface area contributed by atoms with Gasteiger partial charge in [0.25, 0.3) is 0 Å². The fourth-order valence-corrected chi connectivity index (χ4v) is 2.96. The SMILES string of the molecule is C#CCOc1ccc(CCC(=O)NC(C#N)c2ccc(C(C)(C)C)cc2)cc1OC. The molecule has 0 saturated heterocycles. The zero-order valence-electron chi connectivity index (χ0n) is 18.0. The number of nitrogens with zero attached hydrogens (tertiary/aromatic N) is 1. The van der Waals surface area contributed by atoms with Crippen molar-refractivity contribution >= 4 is 5.91 Å². The number of aryl methyl sites for hydroxylation is 1. The van der Waals surface area contributed by atoms with E-state index in [1.165, 1.54) is 5.56 Å². The molecule has 0 heterocycles. The molecule has 0 aliphatic carbocycles. The third-order valence-electron chi connectivity index (χ3n) is 4.72. The molecule has 2 aromatic carbocycles. The Morgan fingerprint density at radius 3 is 2.43 bits per heavy atom. The van der Waals surface area contributed by atoms with E-state index >= 15 is 0 Å². The van der Waals surface area contributed by atoms with E-state index in [1.807, 2.05) is 36.4 Å². The minimum absolute atomic E-state index is 0.0341. The lowest BCUT2D eigenvalue weighted by Crippen LogP contribution is -2.27. The summed E-state index contributed by atoms with van der Waals surface area (Å²) < 4.78 is 10.8. The second kappa shape index (κ2) is 10.4. The molecule has 0 bridgehead atoms. The number of rotatable bonds is 8. The molecule has 156 valence electrons. The van der Waals surface area contributed by atoms with Crippen molar-refractivity contribution in [1.82, 2.24) is 5.32 Å². The molecule has 0 fully saturated rings. The van der Waals surface area contributed by atoms with Crippen LogP contribution in [0, 0.1) is 23.7 Å². The van der Waals surface area contributed by atoms with Gasteiger partial charge in [-0.2, -0.15) is 5.26 Å². The lowest BCUT2D eigenvalue weighted by atomic mass is 9.86. The lowest BCUT2D eigenvalue weighted by molar-refractivity contribution is -0.121. The number of nitriles is 1. The van der Waals surface area contributed by atoms with E-state index in [4.69, 9.17) is 15.9 Å². The molecule has 0 aliphatic rings. The van der Waals surface area contributed by atoms with E-state index < -0.39 is 6.04 Å². The number of benzene rings is 2. The number of terminal acetylenes is 1. The molecular weight excluding hydrogens is 376 g/mol. The van der Waals surface area contributed by atoms with Crippen molar-refractivity contribution in [2.75, 3.05) is 13.7 Å². The highest BCUT2D eigenvalue weighted by Gasteiger charge is 2.17. The number of carbonyl (C=O) groups is 1. The summed E-state index contributed by atoms with van der Waals surface area (Å²) in [6.07, 6.45) is 5.98. The first-order chi connectivity index (χ1) is 14.3. The Labute approximate surface area is 179 Å². The Kier molecular flexibility index (Phi) is 7.90. The second-order valence-electron chi connectivity index (χ2n) is 7.98. The Balaban J connectivity index is 1.97. The van der Waals surface area contributed by atoms with Crippen LogP contribution in [0.4, 0.5) is 0 Å². The first-order valence-corrected chi connectivity index (χ1v) is 9.81. The van der Waals surface area contributed by atoms with Crippen LogP contribution < -0.4 is 14.8 Å². The number of nitrogens with one attached hydrogen (secondary N) is 1. The first-order valence-electron chi connectivity index (χ1n) is 9.81. The highest BCUT2D eigenvalue weighted by atomic mass is 16.5. The van der Waals surface area contributed by atoms with E-state index in [2.05, 4.69) is 38.1 Å². The third kappa shape index (κ3) is 6.29. The molecule has 0 aromatic heterocycles. The van der Waals surface area contributed by atoms with Gasteiger partial charge in [-0.3, -0.25) is 4.79 Å². The highest BCUT2D eigenvalue weighted by molar-refractivity contribution is 5.77. The number of amides is 1. The summed E-state index contributed by atoms with van der Waals surface area (Å²) in [6.45, 7) is 6.56. The van der Waals surface area contributed by atoms with E-state index in [0.29, 0.717) is 17.9 Å². The Hall–Kier alpha value is -3.44. The third-order valence-corrected chi connectivity index (χ3v) is 4.72. The van der Waals surface area contributed by atoms with Gasteiger partial charge in [-0.1, -0.05) is 57.0 Å². The van der Waals surface area contributed by atoms with Gasteiger partial charge in [-0.05, 0) is 40.7 Å². The Morgan fingerprint density at radius 2 is 1.87 bits per heavy atom. The first kappa shape index (κ1) is 22.8. The summed E-state index contributed by atoms with van der Waals surface area (Å²) in [7, 11) is 1.55. The Morgan fingerprint density at radius 1 is 1.17 bits per heavy atom. The van der Waals surface area contributed by atoms with Crippen molar-refractivity contribution in [3.05, 3.63) is 59.2 Å². The molecule has 1 amide bonds. The summed E-state index contributed by atoms with van der Waals surface area (Å²) in [6, 6.07) is 14.8. The van der Waals surface area contributed by atoms with Crippen LogP contribution in [0.3, 0.4) is 0 Å². The zero-order valence-corrected chi connectivity index (χ0v) is 18.0. The summed E-state index contributed by atoms with van der Waals surface area (Å²) in [5.41, 5.74) is 2.92. The predicted molar refractivity (Wildman–Crippen MR) is 117 cm³/mol. The van der Waals surface area contributed by atoms with Gasteiger partial charge in [-0.25, -0.2) is 0 Å². The minimum Gasteiger partial charge on any atom is -0.493 e. The number of methoxy groups -OCH3 is 1. The minimum atomic E-state index is -0.680. The maximum absolute atomic E-state index is 12.4. The topological polar surface area (TPSA) is 71.3 Å². The van der Waals surface area contributed by atoms with Gasteiger partial charge in [0.15, 0.2) is 11.5 Å². The van der Waals surface area contributed by atoms with Crippen LogP contribution in [-0.2, 0) is 16.6 Å². The number of carbonyl (C=O) groups excluding carboxylic acids is 1. The molecule has 1 unspecified atom stereocenters. The van der Waals surface area contributed by atoms with Crippen molar-refractivity contribution in [3.8, 4) is 29.9 Å². The maximum atomic E-state index is 12.4. The largest absolute Gasteiger partial charge is 0.493 e. The van der Waals surface area contributed by atoms with Gasteiger partial charge in [0.1, 0.15) is 12.6 Å². The molecule has 0 spiro atoms. The Bertz CT molecular complexity index is 944. The molecule has 5 nitrogen and oxygen atoms in total. The summed E-state index contributed by atoms with van der Waals surface area (Å²) in [5, 5.41) is 12.3. The quantitative estimate of drug-likeness (QED) is 0.665. The molecule has 0 saturated carbocycles.